The van der Waals surface area contributed by atoms with Gasteiger partial charge in [0.2, 0.25) is 5.75 Å². The first-order valence-corrected chi connectivity index (χ1v) is 8.89. The van der Waals surface area contributed by atoms with Gasteiger partial charge in [-0.25, -0.2) is 9.97 Å². The first kappa shape index (κ1) is 18.0. The summed E-state index contributed by atoms with van der Waals surface area (Å²) in [7, 11) is 1.56. The number of benzene rings is 2. The van der Waals surface area contributed by atoms with Gasteiger partial charge in [0.15, 0.2) is 21.8 Å². The van der Waals surface area contributed by atoms with Crippen molar-refractivity contribution in [1.29, 1.82) is 0 Å². The Kier molecular flexibility index (Phi) is 5.78. The first-order chi connectivity index (χ1) is 12.1. The molecule has 2 aromatic carbocycles. The van der Waals surface area contributed by atoms with Crippen LogP contribution in [0.2, 0.25) is 10.3 Å². The van der Waals surface area contributed by atoms with Gasteiger partial charge in [0.25, 0.3) is 0 Å². The summed E-state index contributed by atoms with van der Waals surface area (Å²) in [5, 5.41) is 0.298. The predicted octanol–water partition coefficient (Wildman–Crippen LogP) is 5.94. The second kappa shape index (κ2) is 8.04. The van der Waals surface area contributed by atoms with Crippen molar-refractivity contribution in [3.05, 3.63) is 74.7 Å². The third-order valence-electron chi connectivity index (χ3n) is 3.36. The van der Waals surface area contributed by atoms with E-state index < -0.39 is 0 Å². The smallest absolute Gasteiger partial charge is 0.202 e. The molecular weight excluding hydrogens is 427 g/mol. The first-order valence-electron chi connectivity index (χ1n) is 7.34. The fourth-order valence-electron chi connectivity index (χ4n) is 2.24. The molecule has 0 aliphatic rings. The van der Waals surface area contributed by atoms with E-state index in [0.29, 0.717) is 23.7 Å². The molecule has 0 amide bonds. The van der Waals surface area contributed by atoms with E-state index in [1.54, 1.807) is 19.2 Å². The third-order valence-corrected chi connectivity index (χ3v) is 4.37. The van der Waals surface area contributed by atoms with Gasteiger partial charge in [0.05, 0.1) is 7.11 Å². The van der Waals surface area contributed by atoms with E-state index in [1.807, 2.05) is 36.4 Å². The molecule has 0 saturated heterocycles. The van der Waals surface area contributed by atoms with Crippen molar-refractivity contribution in [2.24, 2.45) is 0 Å². The van der Waals surface area contributed by atoms with Crippen molar-refractivity contribution in [3.8, 4) is 17.2 Å². The van der Waals surface area contributed by atoms with Crippen LogP contribution >= 0.6 is 39.1 Å². The molecule has 0 aliphatic heterocycles. The van der Waals surface area contributed by atoms with Crippen LogP contribution in [-0.4, -0.2) is 17.1 Å². The second-order valence-electron chi connectivity index (χ2n) is 5.11. The molecule has 0 atom stereocenters. The highest BCUT2D eigenvalue weighted by atomic mass is 79.9. The summed E-state index contributed by atoms with van der Waals surface area (Å²) >= 11 is 16.0. The third kappa shape index (κ3) is 4.42. The quantitative estimate of drug-likeness (QED) is 0.461. The van der Waals surface area contributed by atoms with Crippen molar-refractivity contribution in [2.75, 3.05) is 7.11 Å². The highest BCUT2D eigenvalue weighted by molar-refractivity contribution is 9.10. The summed E-state index contributed by atoms with van der Waals surface area (Å²) in [5.41, 5.74) is 1.04. The average Bonchev–Trinajstić information content (AvgIpc) is 2.58. The number of nitrogens with zero attached hydrogens (tertiary/aromatic N) is 2. The minimum atomic E-state index is 0.149. The number of halogens is 3. The summed E-state index contributed by atoms with van der Waals surface area (Å²) < 4.78 is 12.0. The summed E-state index contributed by atoms with van der Waals surface area (Å²) in [6.45, 7) is 0. The molecule has 0 unspecified atom stereocenters. The molecule has 7 heteroatoms. The molecule has 128 valence electrons. The zero-order chi connectivity index (χ0) is 17.8. The van der Waals surface area contributed by atoms with Crippen molar-refractivity contribution >= 4 is 39.1 Å². The molecule has 0 spiro atoms. The van der Waals surface area contributed by atoms with Crippen LogP contribution in [0.5, 0.6) is 17.2 Å². The molecule has 1 heterocycles. The molecule has 0 bridgehead atoms. The molecular formula is C18H13BrCl2N2O2. The van der Waals surface area contributed by atoms with E-state index in [1.165, 1.54) is 0 Å². The van der Waals surface area contributed by atoms with Crippen molar-refractivity contribution < 1.29 is 9.47 Å². The van der Waals surface area contributed by atoms with Crippen LogP contribution in [-0.2, 0) is 6.42 Å². The number of ether oxygens (including phenoxy) is 2. The van der Waals surface area contributed by atoms with Gasteiger partial charge < -0.3 is 9.47 Å². The lowest BCUT2D eigenvalue weighted by atomic mass is 10.1. The predicted molar refractivity (Wildman–Crippen MR) is 102 cm³/mol. The maximum Gasteiger partial charge on any atom is 0.202 e. The number of methoxy groups -OCH3 is 1. The van der Waals surface area contributed by atoms with Gasteiger partial charge in [-0.05, 0) is 29.8 Å². The van der Waals surface area contributed by atoms with Gasteiger partial charge in [-0.3, -0.25) is 0 Å². The van der Waals surface area contributed by atoms with Gasteiger partial charge in [0, 0.05) is 10.9 Å². The molecule has 0 N–H and O–H groups in total. The molecule has 3 rings (SSSR count). The maximum absolute atomic E-state index is 6.27. The Hall–Kier alpha value is -1.82. The number of hydrogen-bond acceptors (Lipinski definition) is 4. The van der Waals surface area contributed by atoms with Crippen LogP contribution in [0.4, 0.5) is 0 Å². The molecule has 0 radical (unpaired) electrons. The Balaban J connectivity index is 1.87. The molecule has 4 nitrogen and oxygen atoms in total. The van der Waals surface area contributed by atoms with E-state index in [9.17, 15) is 0 Å². The monoisotopic (exact) mass is 438 g/mol. The topological polar surface area (TPSA) is 44.2 Å². The Morgan fingerprint density at radius 3 is 2.28 bits per heavy atom. The summed E-state index contributed by atoms with van der Waals surface area (Å²) in [5.74, 6) is 1.76. The Morgan fingerprint density at radius 2 is 1.64 bits per heavy atom. The molecule has 25 heavy (non-hydrogen) atoms. The van der Waals surface area contributed by atoms with E-state index >= 15 is 0 Å². The summed E-state index contributed by atoms with van der Waals surface area (Å²) in [4.78, 5) is 8.60. The van der Waals surface area contributed by atoms with Crippen LogP contribution < -0.4 is 9.47 Å². The van der Waals surface area contributed by atoms with Gasteiger partial charge in [0.1, 0.15) is 5.82 Å². The van der Waals surface area contributed by atoms with Crippen LogP contribution in [0.15, 0.2) is 53.0 Å². The molecule has 0 fully saturated rings. The van der Waals surface area contributed by atoms with E-state index in [2.05, 4.69) is 25.9 Å². The molecule has 3 aromatic rings. The van der Waals surface area contributed by atoms with Crippen molar-refractivity contribution in [1.82, 2.24) is 9.97 Å². The maximum atomic E-state index is 6.27. The largest absolute Gasteiger partial charge is 0.493 e. The Labute approximate surface area is 163 Å². The lowest BCUT2D eigenvalue weighted by Gasteiger charge is -2.12. The molecule has 1 aromatic heterocycles. The highest BCUT2D eigenvalue weighted by Crippen LogP contribution is 2.37. The van der Waals surface area contributed by atoms with Crippen LogP contribution in [0.25, 0.3) is 0 Å². The SMILES string of the molecule is COc1ccccc1Oc1c(Cl)nc(Cc2cccc(Br)c2)nc1Cl. The summed E-state index contributed by atoms with van der Waals surface area (Å²) in [6, 6.07) is 15.1. The van der Waals surface area contributed by atoms with Crippen molar-refractivity contribution in [3.63, 3.8) is 0 Å². The minimum absolute atomic E-state index is 0.149. The highest BCUT2D eigenvalue weighted by Gasteiger charge is 2.16. The van der Waals surface area contributed by atoms with Gasteiger partial charge >= 0.3 is 0 Å². The fraction of sp³-hybridized carbons (Fsp3) is 0.111. The standard InChI is InChI=1S/C18H13BrCl2N2O2/c1-24-13-7-2-3-8-14(13)25-16-17(20)22-15(23-18(16)21)10-11-5-4-6-12(19)9-11/h2-9H,10H2,1H3. The van der Waals surface area contributed by atoms with Crippen molar-refractivity contribution in [2.45, 2.75) is 6.42 Å². The van der Waals surface area contributed by atoms with Crippen LogP contribution in [0.3, 0.4) is 0 Å². The van der Waals surface area contributed by atoms with Gasteiger partial charge in [-0.15, -0.1) is 0 Å². The van der Waals surface area contributed by atoms with E-state index in [0.717, 1.165) is 10.0 Å². The van der Waals surface area contributed by atoms with Gasteiger partial charge in [-0.2, -0.15) is 0 Å². The summed E-state index contributed by atoms with van der Waals surface area (Å²) in [6.07, 6.45) is 0.508. The number of rotatable bonds is 5. The van der Waals surface area contributed by atoms with Crippen LogP contribution in [0.1, 0.15) is 11.4 Å². The minimum Gasteiger partial charge on any atom is -0.493 e. The second-order valence-corrected chi connectivity index (χ2v) is 6.74. The number of para-hydroxylation sites is 2. The van der Waals surface area contributed by atoms with E-state index in [-0.39, 0.29) is 16.1 Å². The van der Waals surface area contributed by atoms with Crippen LogP contribution in [0, 0.1) is 0 Å². The average molecular weight is 440 g/mol. The lowest BCUT2D eigenvalue weighted by Crippen LogP contribution is -2.00. The number of hydrogen-bond donors (Lipinski definition) is 0. The Morgan fingerprint density at radius 1 is 0.960 bits per heavy atom. The normalized spacial score (nSPS) is 10.6. The fourth-order valence-corrected chi connectivity index (χ4v) is 3.19. The van der Waals surface area contributed by atoms with Gasteiger partial charge in [-0.1, -0.05) is 63.4 Å². The zero-order valence-corrected chi connectivity index (χ0v) is 16.3. The van der Waals surface area contributed by atoms with E-state index in [4.69, 9.17) is 32.7 Å². The number of aromatic nitrogens is 2. The molecule has 0 saturated carbocycles. The zero-order valence-electron chi connectivity index (χ0n) is 13.2. The Bertz CT molecular complexity index is 883. The lowest BCUT2D eigenvalue weighted by molar-refractivity contribution is 0.378. The molecule has 0 aliphatic carbocycles.